The second kappa shape index (κ2) is 7.24. The Labute approximate surface area is 164 Å². The maximum absolute atomic E-state index is 12.1. The maximum atomic E-state index is 12.1. The molecule has 1 aromatic carbocycles. The lowest BCUT2D eigenvalue weighted by Gasteiger charge is -2.36. The number of hydrogen-bond donors (Lipinski definition) is 0. The molecule has 3 aliphatic heterocycles. The lowest BCUT2D eigenvalue weighted by Crippen LogP contribution is -2.56. The van der Waals surface area contributed by atoms with E-state index in [2.05, 4.69) is 0 Å². The molecular weight excluding hydrogens is 364 g/mol. The van der Waals surface area contributed by atoms with Crippen molar-refractivity contribution in [2.45, 2.75) is 70.0 Å². The van der Waals surface area contributed by atoms with Crippen molar-refractivity contribution in [1.82, 2.24) is 0 Å². The van der Waals surface area contributed by atoms with E-state index in [0.717, 1.165) is 5.56 Å². The van der Waals surface area contributed by atoms with E-state index in [1.54, 1.807) is 6.08 Å². The molecule has 0 spiro atoms. The lowest BCUT2D eigenvalue weighted by atomic mass is 9.99. The number of carbonyl (C=O) groups excluding carboxylic acids is 1. The molecule has 0 unspecified atom stereocenters. The number of fused-ring (bicyclic) bond motifs is 3. The average molecular weight is 390 g/mol. The predicted molar refractivity (Wildman–Crippen MR) is 99.0 cm³/mol. The third-order valence-corrected chi connectivity index (χ3v) is 4.85. The van der Waals surface area contributed by atoms with Crippen LogP contribution in [0.4, 0.5) is 0 Å². The molecule has 0 bridgehead atoms. The van der Waals surface area contributed by atoms with Gasteiger partial charge in [-0.05, 0) is 39.3 Å². The monoisotopic (exact) mass is 390 g/mol. The van der Waals surface area contributed by atoms with Gasteiger partial charge in [0, 0.05) is 6.08 Å². The van der Waals surface area contributed by atoms with Gasteiger partial charge in [-0.3, -0.25) is 0 Å². The Bertz CT molecular complexity index is 742. The summed E-state index contributed by atoms with van der Waals surface area (Å²) in [6, 6.07) is 9.54. The fourth-order valence-corrected chi connectivity index (χ4v) is 3.77. The average Bonchev–Trinajstić information content (AvgIpc) is 3.12. The van der Waals surface area contributed by atoms with Crippen LogP contribution in [0.2, 0.25) is 0 Å². The summed E-state index contributed by atoms with van der Waals surface area (Å²) in [5.41, 5.74) is 0.921. The Morgan fingerprint density at radius 3 is 2.36 bits per heavy atom. The third-order valence-electron chi connectivity index (χ3n) is 4.85. The Morgan fingerprint density at radius 2 is 1.61 bits per heavy atom. The van der Waals surface area contributed by atoms with Gasteiger partial charge in [-0.25, -0.2) is 4.79 Å². The summed E-state index contributed by atoms with van der Waals surface area (Å²) in [6.45, 7) is 7.37. The zero-order valence-electron chi connectivity index (χ0n) is 16.5. The van der Waals surface area contributed by atoms with Crippen LogP contribution in [0.15, 0.2) is 36.4 Å². The molecule has 0 saturated carbocycles. The van der Waals surface area contributed by atoms with E-state index in [1.807, 2.05) is 58.0 Å². The van der Waals surface area contributed by atoms with Gasteiger partial charge >= 0.3 is 5.97 Å². The van der Waals surface area contributed by atoms with Crippen molar-refractivity contribution in [3.8, 4) is 0 Å². The Morgan fingerprint density at radius 1 is 0.964 bits per heavy atom. The summed E-state index contributed by atoms with van der Waals surface area (Å²) in [7, 11) is 0. The summed E-state index contributed by atoms with van der Waals surface area (Å²) in [5.74, 6) is -2.01. The molecule has 1 aromatic rings. The molecule has 7 heteroatoms. The van der Waals surface area contributed by atoms with Gasteiger partial charge in [0.2, 0.25) is 0 Å². The van der Waals surface area contributed by atoms with Crippen LogP contribution in [0.1, 0.15) is 33.3 Å². The van der Waals surface area contributed by atoms with Crippen LogP contribution >= 0.6 is 0 Å². The third kappa shape index (κ3) is 4.14. The normalized spacial score (nSPS) is 35.5. The van der Waals surface area contributed by atoms with Crippen molar-refractivity contribution < 1.29 is 33.2 Å². The first-order chi connectivity index (χ1) is 13.2. The van der Waals surface area contributed by atoms with Crippen molar-refractivity contribution in [3.05, 3.63) is 42.0 Å². The first-order valence-electron chi connectivity index (χ1n) is 9.49. The molecule has 0 N–H and O–H groups in total. The molecule has 3 fully saturated rings. The van der Waals surface area contributed by atoms with Gasteiger partial charge in [0.1, 0.15) is 31.0 Å². The van der Waals surface area contributed by atoms with Crippen LogP contribution < -0.4 is 0 Å². The number of ether oxygens (including phenoxy) is 6. The molecular formula is C21H26O7. The molecule has 7 nitrogen and oxygen atoms in total. The Balaban J connectivity index is 1.41. The topological polar surface area (TPSA) is 72.5 Å². The zero-order chi connectivity index (χ0) is 19.9. The van der Waals surface area contributed by atoms with E-state index < -0.39 is 42.1 Å². The van der Waals surface area contributed by atoms with E-state index in [1.165, 1.54) is 6.08 Å². The summed E-state index contributed by atoms with van der Waals surface area (Å²) in [6.07, 6.45) is 0.812. The van der Waals surface area contributed by atoms with Gasteiger partial charge in [0.05, 0.1) is 0 Å². The van der Waals surface area contributed by atoms with Crippen molar-refractivity contribution in [3.63, 3.8) is 0 Å². The van der Waals surface area contributed by atoms with Crippen molar-refractivity contribution in [1.29, 1.82) is 0 Å². The van der Waals surface area contributed by atoms with E-state index in [9.17, 15) is 4.79 Å². The molecule has 5 atom stereocenters. The lowest BCUT2D eigenvalue weighted by molar-refractivity contribution is -0.242. The largest absolute Gasteiger partial charge is 0.460 e. The highest BCUT2D eigenvalue weighted by Gasteiger charge is 2.60. The van der Waals surface area contributed by atoms with Crippen LogP contribution in [0.5, 0.6) is 0 Å². The van der Waals surface area contributed by atoms with Gasteiger partial charge < -0.3 is 28.4 Å². The molecule has 28 heavy (non-hydrogen) atoms. The number of benzene rings is 1. The van der Waals surface area contributed by atoms with Gasteiger partial charge in [-0.1, -0.05) is 30.3 Å². The molecule has 0 aromatic heterocycles. The Kier molecular flexibility index (Phi) is 5.05. The first-order valence-corrected chi connectivity index (χ1v) is 9.49. The number of esters is 1. The molecule has 3 heterocycles. The SMILES string of the molecule is CC1(C)O[C@@H]2[C@@H](O1)[C@H](COC(=O)/C=C/c1ccccc1)O[C@H]1OC(C)(C)O[C@@H]12. The highest BCUT2D eigenvalue weighted by molar-refractivity contribution is 5.87. The number of carbonyl (C=O) groups is 1. The highest BCUT2D eigenvalue weighted by Crippen LogP contribution is 2.44. The van der Waals surface area contributed by atoms with Gasteiger partial charge in [0.25, 0.3) is 0 Å². The van der Waals surface area contributed by atoms with E-state index in [0.29, 0.717) is 0 Å². The van der Waals surface area contributed by atoms with Gasteiger partial charge in [0.15, 0.2) is 17.9 Å². The predicted octanol–water partition coefficient (Wildman–Crippen LogP) is 2.64. The van der Waals surface area contributed by atoms with Crippen LogP contribution in [-0.4, -0.2) is 54.9 Å². The molecule has 3 saturated heterocycles. The molecule has 0 radical (unpaired) electrons. The highest BCUT2D eigenvalue weighted by atomic mass is 16.9. The van der Waals surface area contributed by atoms with E-state index in [4.69, 9.17) is 28.4 Å². The number of hydrogen-bond acceptors (Lipinski definition) is 7. The van der Waals surface area contributed by atoms with Crippen molar-refractivity contribution >= 4 is 12.0 Å². The zero-order valence-corrected chi connectivity index (χ0v) is 16.5. The van der Waals surface area contributed by atoms with E-state index in [-0.39, 0.29) is 12.7 Å². The first kappa shape index (κ1) is 19.5. The standard InChI is InChI=1S/C21H26O7/c1-20(2)25-16-14(12-23-15(22)11-10-13-8-6-5-7-9-13)24-19-18(17(16)26-20)27-21(3,4)28-19/h5-11,14,16-19H,12H2,1-4H3/b11-10+/t14-,16-,17+,18+,19-/m0/s1. The molecule has 0 aliphatic carbocycles. The van der Waals surface area contributed by atoms with Crippen LogP contribution in [-0.2, 0) is 33.2 Å². The van der Waals surface area contributed by atoms with Crippen molar-refractivity contribution in [2.75, 3.05) is 6.61 Å². The fraction of sp³-hybridized carbons (Fsp3) is 0.571. The molecule has 3 aliphatic rings. The van der Waals surface area contributed by atoms with Gasteiger partial charge in [-0.15, -0.1) is 0 Å². The summed E-state index contributed by atoms with van der Waals surface area (Å²) >= 11 is 0. The molecule has 4 rings (SSSR count). The van der Waals surface area contributed by atoms with Crippen LogP contribution in [0, 0.1) is 0 Å². The summed E-state index contributed by atoms with van der Waals surface area (Å²) in [5, 5.41) is 0. The minimum atomic E-state index is -0.779. The van der Waals surface area contributed by atoms with E-state index >= 15 is 0 Å². The Hall–Kier alpha value is -1.77. The second-order valence-electron chi connectivity index (χ2n) is 8.08. The quantitative estimate of drug-likeness (QED) is 0.578. The smallest absolute Gasteiger partial charge is 0.330 e. The van der Waals surface area contributed by atoms with Crippen LogP contribution in [0.3, 0.4) is 0 Å². The summed E-state index contributed by atoms with van der Waals surface area (Å²) < 4.78 is 35.2. The minimum absolute atomic E-state index is 0.0333. The molecule has 152 valence electrons. The summed E-state index contributed by atoms with van der Waals surface area (Å²) in [4.78, 5) is 12.1. The minimum Gasteiger partial charge on any atom is -0.460 e. The molecule has 0 amide bonds. The van der Waals surface area contributed by atoms with Crippen LogP contribution in [0.25, 0.3) is 6.08 Å². The van der Waals surface area contributed by atoms with Crippen molar-refractivity contribution in [2.24, 2.45) is 0 Å². The van der Waals surface area contributed by atoms with Gasteiger partial charge in [-0.2, -0.15) is 0 Å². The fourth-order valence-electron chi connectivity index (χ4n) is 3.77. The second-order valence-corrected chi connectivity index (χ2v) is 8.08. The maximum Gasteiger partial charge on any atom is 0.330 e. The number of rotatable bonds is 4.